The minimum Gasteiger partial charge on any atom is -1.00 e. The van der Waals surface area contributed by atoms with Gasteiger partial charge in [0.15, 0.2) is 0 Å². The van der Waals surface area contributed by atoms with Gasteiger partial charge in [0.2, 0.25) is 0 Å². The van der Waals surface area contributed by atoms with Crippen molar-refractivity contribution < 1.29 is 50.0 Å². The van der Waals surface area contributed by atoms with Crippen LogP contribution < -0.4 is 29.6 Å². The van der Waals surface area contributed by atoms with Crippen molar-refractivity contribution in [2.24, 2.45) is 0 Å². The quantitative estimate of drug-likeness (QED) is 0.318. The van der Waals surface area contributed by atoms with Gasteiger partial charge in [0, 0.05) is 0 Å². The summed E-state index contributed by atoms with van der Waals surface area (Å²) in [5.74, 6) is -0.637. The summed E-state index contributed by atoms with van der Waals surface area (Å²) in [6, 6.07) is 0. The number of ether oxygens (including phenoxy) is 2. The molecule has 0 saturated carbocycles. The Hall–Kier alpha value is -0.0600. The summed E-state index contributed by atoms with van der Waals surface area (Å²) >= 11 is 0. The van der Waals surface area contributed by atoms with Gasteiger partial charge in [0.25, 0.3) is 0 Å². The third-order valence-corrected chi connectivity index (χ3v) is 2.06. The Bertz CT molecular complexity index is 190. The topological polar surface area (TPSA) is 52.6 Å². The Morgan fingerprint density at radius 1 is 0.882 bits per heavy atom. The molecule has 0 unspecified atom stereocenters. The minimum atomic E-state index is -0.319. The number of unbranched alkanes of at least 4 members (excludes halogenated alkanes) is 2. The van der Waals surface area contributed by atoms with Gasteiger partial charge >= 0.3 is 41.5 Å². The van der Waals surface area contributed by atoms with E-state index >= 15 is 0 Å². The maximum absolute atomic E-state index is 11.1. The second-order valence-electron chi connectivity index (χ2n) is 3.65. The van der Waals surface area contributed by atoms with Crippen molar-refractivity contribution in [2.45, 2.75) is 52.4 Å². The van der Waals surface area contributed by atoms with Crippen LogP contribution in [-0.4, -0.2) is 25.2 Å². The standard InChI is InChI=1S/C12H22O4.Na.H/c1-3-5-9-15-11(13)7-8-12(14)16-10-6-4-2;;/h3-10H2,1-2H3;;/q;+1;-1. The summed E-state index contributed by atoms with van der Waals surface area (Å²) in [7, 11) is 0. The molecule has 4 nitrogen and oxygen atoms in total. The van der Waals surface area contributed by atoms with Gasteiger partial charge in [0.1, 0.15) is 0 Å². The van der Waals surface area contributed by atoms with Crippen LogP contribution in [0.5, 0.6) is 0 Å². The maximum atomic E-state index is 11.1. The van der Waals surface area contributed by atoms with Crippen molar-refractivity contribution in [2.75, 3.05) is 13.2 Å². The first-order chi connectivity index (χ1) is 7.70. The number of carbonyl (C=O) groups is 2. The fraction of sp³-hybridized carbons (Fsp3) is 0.833. The number of hydrogen-bond acceptors (Lipinski definition) is 4. The monoisotopic (exact) mass is 254 g/mol. The van der Waals surface area contributed by atoms with E-state index < -0.39 is 0 Å². The Morgan fingerprint density at radius 2 is 1.24 bits per heavy atom. The molecule has 0 spiro atoms. The fourth-order valence-electron chi connectivity index (χ4n) is 1.01. The zero-order valence-electron chi connectivity index (χ0n) is 12.3. The van der Waals surface area contributed by atoms with E-state index in [1.54, 1.807) is 0 Å². The van der Waals surface area contributed by atoms with Crippen LogP contribution in [0.15, 0.2) is 0 Å². The maximum Gasteiger partial charge on any atom is 1.00 e. The van der Waals surface area contributed by atoms with E-state index in [9.17, 15) is 9.59 Å². The molecule has 0 aromatic heterocycles. The molecular weight excluding hydrogens is 231 g/mol. The SMILES string of the molecule is CCCCOC(=O)CCC(=O)OCCCC.[H-].[Na+]. The first-order valence-electron chi connectivity index (χ1n) is 6.02. The number of carbonyl (C=O) groups excluding carboxylic acids is 2. The first-order valence-corrected chi connectivity index (χ1v) is 6.02. The molecule has 0 N–H and O–H groups in total. The third kappa shape index (κ3) is 13.9. The van der Waals surface area contributed by atoms with Crippen molar-refractivity contribution in [3.05, 3.63) is 0 Å². The molecule has 0 radical (unpaired) electrons. The Morgan fingerprint density at radius 3 is 1.53 bits per heavy atom. The minimum absolute atomic E-state index is 0. The molecule has 0 rings (SSSR count). The van der Waals surface area contributed by atoms with E-state index in [0.717, 1.165) is 25.7 Å². The zero-order chi connectivity index (χ0) is 12.2. The average Bonchev–Trinajstić information content (AvgIpc) is 2.27. The smallest absolute Gasteiger partial charge is 1.00 e. The molecule has 0 heterocycles. The van der Waals surface area contributed by atoms with Gasteiger partial charge in [-0.3, -0.25) is 9.59 Å². The van der Waals surface area contributed by atoms with E-state index in [4.69, 9.17) is 9.47 Å². The number of hydrogen-bond donors (Lipinski definition) is 0. The molecule has 17 heavy (non-hydrogen) atoms. The van der Waals surface area contributed by atoms with Crippen molar-refractivity contribution in [3.63, 3.8) is 0 Å². The van der Waals surface area contributed by atoms with Crippen LogP contribution >= 0.6 is 0 Å². The summed E-state index contributed by atoms with van der Waals surface area (Å²) in [5, 5.41) is 0. The fourth-order valence-corrected chi connectivity index (χ4v) is 1.01. The van der Waals surface area contributed by atoms with Crippen molar-refractivity contribution in [1.29, 1.82) is 0 Å². The van der Waals surface area contributed by atoms with Crippen molar-refractivity contribution in [1.82, 2.24) is 0 Å². The molecule has 0 bridgehead atoms. The molecule has 96 valence electrons. The largest absolute Gasteiger partial charge is 1.00 e. The Labute approximate surface area is 127 Å². The molecule has 0 saturated heterocycles. The number of esters is 2. The molecule has 0 aliphatic heterocycles. The third-order valence-electron chi connectivity index (χ3n) is 2.06. The normalized spacial score (nSPS) is 9.29. The molecule has 0 aliphatic rings. The predicted molar refractivity (Wildman–Crippen MR) is 62.1 cm³/mol. The van der Waals surface area contributed by atoms with Gasteiger partial charge in [0.05, 0.1) is 26.1 Å². The molecule has 5 heteroatoms. The summed E-state index contributed by atoms with van der Waals surface area (Å²) in [5.41, 5.74) is 0. The van der Waals surface area contributed by atoms with Crippen LogP contribution in [0.4, 0.5) is 0 Å². The zero-order valence-corrected chi connectivity index (χ0v) is 13.3. The summed E-state index contributed by atoms with van der Waals surface area (Å²) in [6.07, 6.45) is 3.96. The van der Waals surface area contributed by atoms with E-state index in [2.05, 4.69) is 0 Å². The molecule has 0 aromatic rings. The summed E-state index contributed by atoms with van der Waals surface area (Å²) in [6.45, 7) is 4.94. The summed E-state index contributed by atoms with van der Waals surface area (Å²) in [4.78, 5) is 22.2. The van der Waals surface area contributed by atoms with Crippen LogP contribution in [-0.2, 0) is 19.1 Å². The van der Waals surface area contributed by atoms with E-state index in [1.165, 1.54) is 0 Å². The predicted octanol–water partition coefficient (Wildman–Crippen LogP) is -0.430. The molecular formula is C12H23NaO4. The summed E-state index contributed by atoms with van der Waals surface area (Å²) < 4.78 is 9.82. The van der Waals surface area contributed by atoms with Gasteiger partial charge < -0.3 is 10.9 Å². The van der Waals surface area contributed by atoms with Gasteiger partial charge in [-0.2, -0.15) is 0 Å². The van der Waals surface area contributed by atoms with E-state index in [-0.39, 0.29) is 55.8 Å². The van der Waals surface area contributed by atoms with Gasteiger partial charge in [-0.05, 0) is 12.8 Å². The molecule has 0 aromatic carbocycles. The van der Waals surface area contributed by atoms with Crippen LogP contribution in [0, 0.1) is 0 Å². The molecule has 0 aliphatic carbocycles. The van der Waals surface area contributed by atoms with Crippen LogP contribution in [0.25, 0.3) is 0 Å². The first kappa shape index (κ1) is 19.3. The number of rotatable bonds is 9. The Kier molecular flexibility index (Phi) is 15.9. The van der Waals surface area contributed by atoms with Crippen LogP contribution in [0.2, 0.25) is 0 Å². The molecule has 0 fully saturated rings. The van der Waals surface area contributed by atoms with Gasteiger partial charge in [-0.25, -0.2) is 0 Å². The van der Waals surface area contributed by atoms with E-state index in [0.29, 0.717) is 13.2 Å². The van der Waals surface area contributed by atoms with E-state index in [1.807, 2.05) is 13.8 Å². The second kappa shape index (κ2) is 14.0. The van der Waals surface area contributed by atoms with Gasteiger partial charge in [-0.15, -0.1) is 0 Å². The van der Waals surface area contributed by atoms with Crippen molar-refractivity contribution in [3.8, 4) is 0 Å². The van der Waals surface area contributed by atoms with Gasteiger partial charge in [-0.1, -0.05) is 26.7 Å². The average molecular weight is 254 g/mol. The molecule has 0 atom stereocenters. The molecule has 0 amide bonds. The second-order valence-corrected chi connectivity index (χ2v) is 3.65. The van der Waals surface area contributed by atoms with Crippen LogP contribution in [0.1, 0.15) is 53.8 Å². The van der Waals surface area contributed by atoms with Crippen molar-refractivity contribution >= 4 is 11.9 Å². The Balaban J connectivity index is -0.00000112. The van der Waals surface area contributed by atoms with Crippen LogP contribution in [0.3, 0.4) is 0 Å².